The number of aromatic nitrogens is 2. The minimum Gasteiger partial charge on any atom is -0.461 e. The van der Waals surface area contributed by atoms with E-state index in [0.717, 1.165) is 10.5 Å². The largest absolute Gasteiger partial charge is 0.461 e. The van der Waals surface area contributed by atoms with Crippen LogP contribution in [0, 0.1) is 31.0 Å². The van der Waals surface area contributed by atoms with Gasteiger partial charge in [-0.15, -0.1) is 0 Å². The molecule has 1 N–H and O–H groups in total. The number of hydrogen-bond donors (Lipinski definition) is 1. The van der Waals surface area contributed by atoms with Crippen LogP contribution in [-0.4, -0.2) is 42.2 Å². The lowest BCUT2D eigenvalue weighted by atomic mass is 10.1. The number of amides is 2. The molecule has 0 atom stereocenters. The molecule has 0 bridgehead atoms. The summed E-state index contributed by atoms with van der Waals surface area (Å²) in [4.78, 5) is 34.5. The summed E-state index contributed by atoms with van der Waals surface area (Å²) >= 11 is 0. The third-order valence-electron chi connectivity index (χ3n) is 4.99. The van der Waals surface area contributed by atoms with Crippen molar-refractivity contribution in [3.8, 4) is 23.1 Å². The molecule has 3 aromatic rings. The second kappa shape index (κ2) is 10.5. The van der Waals surface area contributed by atoms with Gasteiger partial charge >= 0.3 is 0 Å². The Balaban J connectivity index is 1.75. The summed E-state index contributed by atoms with van der Waals surface area (Å²) in [5.74, 6) is -1.96. The molecule has 0 unspecified atom stereocenters. The van der Waals surface area contributed by atoms with Crippen molar-refractivity contribution >= 4 is 17.5 Å². The van der Waals surface area contributed by atoms with Gasteiger partial charge in [0, 0.05) is 24.9 Å². The molecule has 34 heavy (non-hydrogen) atoms. The van der Waals surface area contributed by atoms with Crippen molar-refractivity contribution in [1.29, 1.82) is 5.26 Å². The van der Waals surface area contributed by atoms with E-state index in [1.165, 1.54) is 37.5 Å². The summed E-state index contributed by atoms with van der Waals surface area (Å²) in [6.07, 6.45) is 1.40. The zero-order valence-corrected chi connectivity index (χ0v) is 18.7. The van der Waals surface area contributed by atoms with Gasteiger partial charge in [-0.2, -0.15) is 5.26 Å². The second-order valence-electron chi connectivity index (χ2n) is 7.39. The summed E-state index contributed by atoms with van der Waals surface area (Å²) in [7, 11) is 1.42. The summed E-state index contributed by atoms with van der Waals surface area (Å²) in [6, 6.07) is 10.8. The van der Waals surface area contributed by atoms with Gasteiger partial charge in [0.2, 0.25) is 18.6 Å². The number of halogens is 2. The lowest BCUT2D eigenvalue weighted by Gasteiger charge is -2.20. The van der Waals surface area contributed by atoms with Crippen LogP contribution in [0.5, 0.6) is 5.75 Å². The Morgan fingerprint density at radius 1 is 1.21 bits per heavy atom. The fraction of sp³-hybridized carbons (Fsp3) is 0.208. The third-order valence-corrected chi connectivity index (χ3v) is 4.99. The number of nitrogens with one attached hydrogen (secondary N) is 1. The first-order chi connectivity index (χ1) is 16.2. The molecule has 2 amide bonds. The van der Waals surface area contributed by atoms with E-state index < -0.39 is 31.0 Å². The van der Waals surface area contributed by atoms with Crippen LogP contribution in [0.1, 0.15) is 27.3 Å². The van der Waals surface area contributed by atoms with Gasteiger partial charge in [-0.1, -0.05) is 6.07 Å². The van der Waals surface area contributed by atoms with E-state index in [0.29, 0.717) is 5.56 Å². The normalized spacial score (nSPS) is 10.4. The Morgan fingerprint density at radius 2 is 1.97 bits per heavy atom. The molecule has 3 rings (SSSR count). The van der Waals surface area contributed by atoms with E-state index in [9.17, 15) is 18.4 Å². The number of nitrogens with zero attached hydrogens (tertiary/aromatic N) is 4. The van der Waals surface area contributed by atoms with E-state index in [1.54, 1.807) is 26.0 Å². The monoisotopic (exact) mass is 465 g/mol. The molecule has 0 saturated heterocycles. The van der Waals surface area contributed by atoms with Crippen LogP contribution < -0.4 is 15.0 Å². The number of carbonyl (C=O) groups excluding carboxylic acids is 2. The molecule has 0 fully saturated rings. The fourth-order valence-corrected chi connectivity index (χ4v) is 3.16. The maximum absolute atomic E-state index is 14.4. The minimum absolute atomic E-state index is 0.00959. The minimum atomic E-state index is -1.14. The highest BCUT2D eigenvalue weighted by Gasteiger charge is 2.20. The SMILES string of the molecule is Cc1ccc(-c2nc(C(=O)NCC(=O)N(C)c3ccc(C#N)cc3OCF)ncc2C)c(F)c1. The zero-order chi connectivity index (χ0) is 24.8. The Kier molecular flexibility index (Phi) is 7.48. The van der Waals surface area contributed by atoms with Crippen LogP contribution in [0.3, 0.4) is 0 Å². The van der Waals surface area contributed by atoms with Crippen molar-refractivity contribution in [2.75, 3.05) is 25.4 Å². The molecular weight excluding hydrogens is 444 g/mol. The van der Waals surface area contributed by atoms with Crippen LogP contribution in [-0.2, 0) is 4.79 Å². The molecule has 8 nitrogen and oxygen atoms in total. The highest BCUT2D eigenvalue weighted by atomic mass is 19.1. The number of likely N-dealkylation sites (N-methyl/N-ethyl adjacent to an activating group) is 1. The van der Waals surface area contributed by atoms with E-state index in [1.807, 2.05) is 6.07 Å². The van der Waals surface area contributed by atoms with Crippen LogP contribution in [0.15, 0.2) is 42.6 Å². The fourth-order valence-electron chi connectivity index (χ4n) is 3.16. The van der Waals surface area contributed by atoms with Gasteiger partial charge in [0.15, 0.2) is 0 Å². The number of anilines is 1. The molecule has 0 radical (unpaired) electrons. The molecule has 1 heterocycles. The van der Waals surface area contributed by atoms with Crippen LogP contribution in [0.25, 0.3) is 11.3 Å². The lowest BCUT2D eigenvalue weighted by molar-refractivity contribution is -0.117. The first kappa shape index (κ1) is 24.3. The number of alkyl halides is 1. The van der Waals surface area contributed by atoms with Crippen LogP contribution in [0.4, 0.5) is 14.5 Å². The Hall–Kier alpha value is -4.39. The van der Waals surface area contributed by atoms with Crippen molar-refractivity contribution in [2.24, 2.45) is 0 Å². The number of carbonyl (C=O) groups is 2. The van der Waals surface area contributed by atoms with E-state index in [2.05, 4.69) is 15.3 Å². The van der Waals surface area contributed by atoms with E-state index in [-0.39, 0.29) is 34.1 Å². The summed E-state index contributed by atoms with van der Waals surface area (Å²) in [5.41, 5.74) is 2.29. The molecule has 0 spiro atoms. The Morgan fingerprint density at radius 3 is 2.65 bits per heavy atom. The molecule has 0 aliphatic heterocycles. The second-order valence-corrected chi connectivity index (χ2v) is 7.39. The van der Waals surface area contributed by atoms with Crippen LogP contribution >= 0.6 is 0 Å². The van der Waals surface area contributed by atoms with Gasteiger partial charge in [-0.3, -0.25) is 9.59 Å². The summed E-state index contributed by atoms with van der Waals surface area (Å²) in [5, 5.41) is 11.4. The highest BCUT2D eigenvalue weighted by Crippen LogP contribution is 2.29. The van der Waals surface area contributed by atoms with Gasteiger partial charge in [-0.05, 0) is 49.2 Å². The summed E-state index contributed by atoms with van der Waals surface area (Å²) < 4.78 is 32.0. The molecule has 174 valence electrons. The molecule has 1 aromatic heterocycles. The number of hydrogen-bond acceptors (Lipinski definition) is 6. The average molecular weight is 465 g/mol. The smallest absolute Gasteiger partial charge is 0.289 e. The Bertz CT molecular complexity index is 1290. The standard InChI is InChI=1S/C24H21F2N5O3/c1-14-4-6-17(18(26)8-14)22-15(2)11-28-23(30-22)24(33)29-12-21(32)31(3)19-7-5-16(10-27)9-20(19)34-13-25/h4-9,11H,12-13H2,1-3H3,(H,29,33). The van der Waals surface area contributed by atoms with Gasteiger partial charge in [0.25, 0.3) is 5.91 Å². The number of benzene rings is 2. The highest BCUT2D eigenvalue weighted by molar-refractivity contribution is 5.99. The van der Waals surface area contributed by atoms with Gasteiger partial charge < -0.3 is 15.0 Å². The summed E-state index contributed by atoms with van der Waals surface area (Å²) in [6.45, 7) is 1.89. The average Bonchev–Trinajstić information content (AvgIpc) is 2.82. The number of nitriles is 1. The maximum Gasteiger partial charge on any atom is 0.289 e. The van der Waals surface area contributed by atoms with Crippen molar-refractivity contribution in [2.45, 2.75) is 13.8 Å². The van der Waals surface area contributed by atoms with Gasteiger partial charge in [0.1, 0.15) is 11.6 Å². The quantitative estimate of drug-likeness (QED) is 0.573. The zero-order valence-electron chi connectivity index (χ0n) is 18.7. The van der Waals surface area contributed by atoms with Crippen molar-refractivity contribution in [3.05, 3.63) is 70.9 Å². The lowest BCUT2D eigenvalue weighted by Crippen LogP contribution is -2.39. The first-order valence-corrected chi connectivity index (χ1v) is 10.1. The molecular formula is C24H21F2N5O3. The number of rotatable bonds is 7. The Labute approximate surface area is 194 Å². The number of ether oxygens (including phenoxy) is 1. The molecule has 0 saturated carbocycles. The molecule has 10 heteroatoms. The predicted molar refractivity (Wildman–Crippen MR) is 120 cm³/mol. The van der Waals surface area contributed by atoms with Crippen molar-refractivity contribution in [3.63, 3.8) is 0 Å². The molecule has 0 aliphatic rings. The van der Waals surface area contributed by atoms with Crippen molar-refractivity contribution < 1.29 is 23.1 Å². The topological polar surface area (TPSA) is 108 Å². The maximum atomic E-state index is 14.4. The molecule has 2 aromatic carbocycles. The first-order valence-electron chi connectivity index (χ1n) is 10.1. The van der Waals surface area contributed by atoms with Gasteiger partial charge in [0.05, 0.1) is 29.6 Å². The van der Waals surface area contributed by atoms with E-state index in [4.69, 9.17) is 10.00 Å². The van der Waals surface area contributed by atoms with Crippen molar-refractivity contribution in [1.82, 2.24) is 15.3 Å². The molecule has 0 aliphatic carbocycles. The van der Waals surface area contributed by atoms with Crippen LogP contribution in [0.2, 0.25) is 0 Å². The van der Waals surface area contributed by atoms with E-state index >= 15 is 0 Å². The number of aryl methyl sites for hydroxylation is 2. The third kappa shape index (κ3) is 5.32. The predicted octanol–water partition coefficient (Wildman–Crippen LogP) is 3.47. The van der Waals surface area contributed by atoms with Gasteiger partial charge in [-0.25, -0.2) is 18.7 Å².